The van der Waals surface area contributed by atoms with E-state index in [9.17, 15) is 4.79 Å². The minimum absolute atomic E-state index is 0.104. The molecule has 0 atom stereocenters. The van der Waals surface area contributed by atoms with E-state index >= 15 is 0 Å². The number of hydrogen-bond donors (Lipinski definition) is 1. The first-order valence-corrected chi connectivity index (χ1v) is 13.6. The third-order valence-corrected chi connectivity index (χ3v) is 7.07. The lowest BCUT2D eigenvalue weighted by atomic mass is 9.81. The molecule has 1 amide bonds. The molecule has 38 heavy (non-hydrogen) atoms. The number of fused-ring (bicyclic) bond motifs is 1. The average molecular weight is 499 g/mol. The Morgan fingerprint density at radius 1 is 0.711 bits per heavy atom. The van der Waals surface area contributed by atoms with Crippen LogP contribution in [0.15, 0.2) is 97.2 Å². The SMILES string of the molecule is CCCc1c(-c2ccccc2)c(-c2ccccc2)c(CCC)c2c(C(=O)Nc3ccc(C)cc3)ccnc12. The van der Waals surface area contributed by atoms with Crippen molar-refractivity contribution < 1.29 is 4.79 Å². The summed E-state index contributed by atoms with van der Waals surface area (Å²) in [6.45, 7) is 6.45. The Morgan fingerprint density at radius 2 is 1.26 bits per heavy atom. The zero-order chi connectivity index (χ0) is 26.5. The van der Waals surface area contributed by atoms with Gasteiger partial charge in [0.2, 0.25) is 0 Å². The molecule has 0 saturated heterocycles. The summed E-state index contributed by atoms with van der Waals surface area (Å²) in [5.41, 5.74) is 10.8. The highest BCUT2D eigenvalue weighted by atomic mass is 16.1. The van der Waals surface area contributed by atoms with Gasteiger partial charge >= 0.3 is 0 Å². The maximum absolute atomic E-state index is 13.8. The zero-order valence-corrected chi connectivity index (χ0v) is 22.4. The topological polar surface area (TPSA) is 42.0 Å². The Kier molecular flexibility index (Phi) is 7.65. The number of carbonyl (C=O) groups excluding carboxylic acids is 1. The van der Waals surface area contributed by atoms with E-state index in [-0.39, 0.29) is 5.91 Å². The van der Waals surface area contributed by atoms with Gasteiger partial charge in [0, 0.05) is 17.3 Å². The van der Waals surface area contributed by atoms with E-state index < -0.39 is 0 Å². The molecule has 0 aliphatic heterocycles. The lowest BCUT2D eigenvalue weighted by molar-refractivity contribution is 0.102. The molecule has 1 aromatic heterocycles. The molecule has 4 aromatic carbocycles. The molecule has 0 bridgehead atoms. The fraction of sp³-hybridized carbons (Fsp3) is 0.200. The maximum atomic E-state index is 13.8. The van der Waals surface area contributed by atoms with E-state index in [1.54, 1.807) is 6.20 Å². The summed E-state index contributed by atoms with van der Waals surface area (Å²) in [6, 6.07) is 31.1. The molecule has 5 rings (SSSR count). The van der Waals surface area contributed by atoms with Crippen LogP contribution in [-0.4, -0.2) is 10.9 Å². The predicted octanol–water partition coefficient (Wildman–Crippen LogP) is 9.03. The largest absolute Gasteiger partial charge is 0.322 e. The molecule has 0 unspecified atom stereocenters. The lowest BCUT2D eigenvalue weighted by Crippen LogP contribution is -2.14. The number of carbonyl (C=O) groups is 1. The van der Waals surface area contributed by atoms with Gasteiger partial charge in [0.25, 0.3) is 5.91 Å². The van der Waals surface area contributed by atoms with E-state index in [2.05, 4.69) is 79.8 Å². The quantitative estimate of drug-likeness (QED) is 0.232. The van der Waals surface area contributed by atoms with Crippen molar-refractivity contribution in [1.29, 1.82) is 0 Å². The van der Waals surface area contributed by atoms with Gasteiger partial charge in [-0.2, -0.15) is 0 Å². The Labute approximate surface area is 225 Å². The predicted molar refractivity (Wildman–Crippen MR) is 160 cm³/mol. The standard InChI is InChI=1S/C35H34N2O/c1-4-12-28-31(25-14-8-6-9-15-25)32(26-16-10-7-11-17-26)29(13-5-2)34-33(28)30(22-23-36-34)35(38)37-27-20-18-24(3)19-21-27/h6-11,14-23H,4-5,12-13H2,1-3H3,(H,37,38). The molecule has 0 aliphatic carbocycles. The molecule has 0 spiro atoms. The van der Waals surface area contributed by atoms with Gasteiger partial charge in [-0.25, -0.2) is 0 Å². The van der Waals surface area contributed by atoms with Gasteiger partial charge in [-0.1, -0.05) is 105 Å². The van der Waals surface area contributed by atoms with E-state index in [0.29, 0.717) is 5.56 Å². The first kappa shape index (κ1) is 25.4. The monoisotopic (exact) mass is 498 g/mol. The smallest absolute Gasteiger partial charge is 0.256 e. The molecule has 0 fully saturated rings. The Hall–Kier alpha value is -4.24. The van der Waals surface area contributed by atoms with Crippen LogP contribution in [0.4, 0.5) is 5.69 Å². The minimum Gasteiger partial charge on any atom is -0.322 e. The van der Waals surface area contributed by atoms with Gasteiger partial charge in [-0.3, -0.25) is 9.78 Å². The highest BCUT2D eigenvalue weighted by molar-refractivity contribution is 6.16. The summed E-state index contributed by atoms with van der Waals surface area (Å²) in [5, 5.41) is 4.11. The van der Waals surface area contributed by atoms with Crippen LogP contribution in [0.25, 0.3) is 33.2 Å². The van der Waals surface area contributed by atoms with Gasteiger partial charge in [0.15, 0.2) is 0 Å². The van der Waals surface area contributed by atoms with Crippen molar-refractivity contribution in [1.82, 2.24) is 4.98 Å². The molecule has 0 radical (unpaired) electrons. The number of aryl methyl sites for hydroxylation is 3. The second-order valence-corrected chi connectivity index (χ2v) is 9.84. The van der Waals surface area contributed by atoms with Crippen LogP contribution in [0, 0.1) is 6.92 Å². The van der Waals surface area contributed by atoms with E-state index in [0.717, 1.165) is 47.8 Å². The van der Waals surface area contributed by atoms with Crippen molar-refractivity contribution >= 4 is 22.5 Å². The number of pyridine rings is 1. The number of amides is 1. The Morgan fingerprint density at radius 3 is 1.84 bits per heavy atom. The molecule has 3 nitrogen and oxygen atoms in total. The number of hydrogen-bond acceptors (Lipinski definition) is 2. The summed E-state index contributed by atoms with van der Waals surface area (Å²) in [5.74, 6) is -0.104. The molecule has 0 saturated carbocycles. The van der Waals surface area contributed by atoms with Gasteiger partial charge in [0.05, 0.1) is 11.1 Å². The number of benzene rings is 4. The third-order valence-electron chi connectivity index (χ3n) is 7.07. The molecule has 3 heteroatoms. The third kappa shape index (κ3) is 4.97. The fourth-order valence-corrected chi connectivity index (χ4v) is 5.41. The molecule has 190 valence electrons. The Bertz CT molecular complexity index is 1560. The second-order valence-electron chi connectivity index (χ2n) is 9.84. The summed E-state index contributed by atoms with van der Waals surface area (Å²) in [4.78, 5) is 18.7. The van der Waals surface area contributed by atoms with Crippen molar-refractivity contribution in [3.63, 3.8) is 0 Å². The minimum atomic E-state index is -0.104. The van der Waals surface area contributed by atoms with Crippen molar-refractivity contribution in [2.45, 2.75) is 46.5 Å². The summed E-state index contributed by atoms with van der Waals surface area (Å²) in [7, 11) is 0. The van der Waals surface area contributed by atoms with Gasteiger partial charge in [-0.05, 0) is 71.3 Å². The van der Waals surface area contributed by atoms with E-state index in [4.69, 9.17) is 4.98 Å². The second kappa shape index (κ2) is 11.4. The number of nitrogens with one attached hydrogen (secondary N) is 1. The molecular formula is C35H34N2O. The average Bonchev–Trinajstić information content (AvgIpc) is 2.96. The van der Waals surface area contributed by atoms with Crippen molar-refractivity contribution in [3.05, 3.63) is 119 Å². The van der Waals surface area contributed by atoms with Crippen LogP contribution in [0.2, 0.25) is 0 Å². The van der Waals surface area contributed by atoms with Crippen LogP contribution in [-0.2, 0) is 12.8 Å². The van der Waals surface area contributed by atoms with Gasteiger partial charge in [0.1, 0.15) is 0 Å². The first-order chi connectivity index (χ1) is 18.6. The maximum Gasteiger partial charge on any atom is 0.256 e. The summed E-state index contributed by atoms with van der Waals surface area (Å²) < 4.78 is 0. The van der Waals surface area contributed by atoms with Gasteiger partial charge < -0.3 is 5.32 Å². The summed E-state index contributed by atoms with van der Waals surface area (Å²) >= 11 is 0. The zero-order valence-electron chi connectivity index (χ0n) is 22.4. The highest BCUT2D eigenvalue weighted by Gasteiger charge is 2.25. The van der Waals surface area contributed by atoms with Crippen LogP contribution in [0.3, 0.4) is 0 Å². The molecule has 1 N–H and O–H groups in total. The van der Waals surface area contributed by atoms with Gasteiger partial charge in [-0.15, -0.1) is 0 Å². The van der Waals surface area contributed by atoms with E-state index in [1.165, 1.54) is 33.4 Å². The first-order valence-electron chi connectivity index (χ1n) is 13.6. The molecular weight excluding hydrogens is 464 g/mol. The summed E-state index contributed by atoms with van der Waals surface area (Å²) in [6.07, 6.45) is 5.46. The highest BCUT2D eigenvalue weighted by Crippen LogP contribution is 2.44. The van der Waals surface area contributed by atoms with Crippen molar-refractivity contribution in [2.24, 2.45) is 0 Å². The molecule has 1 heterocycles. The fourth-order valence-electron chi connectivity index (χ4n) is 5.41. The number of aromatic nitrogens is 1. The molecule has 0 aliphatic rings. The van der Waals surface area contributed by atoms with Crippen LogP contribution in [0.1, 0.15) is 53.7 Å². The Balaban J connectivity index is 1.86. The number of nitrogens with zero attached hydrogens (tertiary/aromatic N) is 1. The van der Waals surface area contributed by atoms with E-state index in [1.807, 2.05) is 37.3 Å². The van der Waals surface area contributed by atoms with Crippen LogP contribution < -0.4 is 5.32 Å². The number of rotatable bonds is 8. The normalized spacial score (nSPS) is 11.0. The van der Waals surface area contributed by atoms with Crippen LogP contribution in [0.5, 0.6) is 0 Å². The van der Waals surface area contributed by atoms with Crippen LogP contribution >= 0.6 is 0 Å². The number of anilines is 1. The lowest BCUT2D eigenvalue weighted by Gasteiger charge is -2.24. The van der Waals surface area contributed by atoms with Crippen molar-refractivity contribution in [3.8, 4) is 22.3 Å². The molecule has 5 aromatic rings. The van der Waals surface area contributed by atoms with Crippen molar-refractivity contribution in [2.75, 3.05) is 5.32 Å².